The Morgan fingerprint density at radius 2 is 1.76 bits per heavy atom. The van der Waals surface area contributed by atoms with E-state index in [9.17, 15) is 14.0 Å². The summed E-state index contributed by atoms with van der Waals surface area (Å²) in [5.41, 5.74) is 1.70. The van der Waals surface area contributed by atoms with E-state index in [4.69, 9.17) is 11.6 Å². The lowest BCUT2D eigenvalue weighted by Gasteiger charge is -2.17. The minimum absolute atomic E-state index is 0.00474. The van der Waals surface area contributed by atoms with E-state index in [1.54, 1.807) is 30.3 Å². The zero-order chi connectivity index (χ0) is 27.6. The molecule has 1 N–H and O–H groups in total. The average Bonchev–Trinajstić information content (AvgIpc) is 2.85. The molecule has 0 bridgehead atoms. The molecule has 0 fully saturated rings. The number of hydrogen-bond donors (Lipinski definition) is 1. The first-order valence-corrected chi connectivity index (χ1v) is 12.6. The van der Waals surface area contributed by atoms with Crippen LogP contribution in [0.1, 0.15) is 54.2 Å². The summed E-state index contributed by atoms with van der Waals surface area (Å²) in [6.45, 7) is 7.30. The fraction of sp³-hybridized carbons (Fsp3) is 0.267. The number of para-hydroxylation sites is 1. The first kappa shape index (κ1) is 27.3. The number of halogens is 3. The van der Waals surface area contributed by atoms with Crippen molar-refractivity contribution >= 4 is 45.6 Å². The number of fused-ring (bicyclic) bond motifs is 1. The molecule has 0 aliphatic rings. The molecule has 4 aromatic rings. The number of Topliss-reactive ketones (excluding diaryl/α,β-unsaturated/α-hetero) is 2. The second-order valence-corrected chi connectivity index (χ2v) is 10.7. The Hall–Kier alpha value is -3.71. The predicted octanol–water partition coefficient (Wildman–Crippen LogP) is 7.59. The first-order valence-electron chi connectivity index (χ1n) is 12.2. The molecule has 38 heavy (non-hydrogen) atoms. The van der Waals surface area contributed by atoms with Gasteiger partial charge in [-0.2, -0.15) is 0 Å². The molecule has 0 saturated heterocycles. The average molecular weight is 536 g/mol. The molecule has 8 heteroatoms. The molecule has 4 rings (SSSR count). The summed E-state index contributed by atoms with van der Waals surface area (Å²) in [4.78, 5) is 34.2. The topological polar surface area (TPSA) is 72.0 Å². The van der Waals surface area contributed by atoms with E-state index in [1.165, 1.54) is 24.5 Å². The number of carbonyl (C=O) groups is 2. The zero-order valence-electron chi connectivity index (χ0n) is 21.7. The normalized spacial score (nSPS) is 11.6. The number of carbonyl (C=O) groups excluding carboxylic acids is 2. The summed E-state index contributed by atoms with van der Waals surface area (Å²) in [6.07, 6.45) is 1.50. The number of aromatic nitrogens is 2. The van der Waals surface area contributed by atoms with E-state index < -0.39 is 22.8 Å². The van der Waals surface area contributed by atoms with Crippen LogP contribution in [0.5, 0.6) is 0 Å². The molecular formula is C30H28ClF2N3O2. The summed E-state index contributed by atoms with van der Waals surface area (Å²) in [6, 6.07) is 12.9. The van der Waals surface area contributed by atoms with Crippen molar-refractivity contribution in [3.63, 3.8) is 0 Å². The summed E-state index contributed by atoms with van der Waals surface area (Å²) in [7, 11) is 0. The highest BCUT2D eigenvalue weighted by Gasteiger charge is 2.24. The lowest BCUT2D eigenvalue weighted by atomic mass is 9.87. The third-order valence-electron chi connectivity index (χ3n) is 6.38. The molecule has 0 aliphatic carbocycles. The number of anilines is 2. The highest BCUT2D eigenvalue weighted by Crippen LogP contribution is 2.30. The van der Waals surface area contributed by atoms with Crippen LogP contribution in [0, 0.1) is 24.0 Å². The largest absolute Gasteiger partial charge is 0.337 e. The van der Waals surface area contributed by atoms with Crippen LogP contribution in [0.4, 0.5) is 20.3 Å². The second-order valence-electron chi connectivity index (χ2n) is 10.3. The summed E-state index contributed by atoms with van der Waals surface area (Å²) in [5.74, 6) is -1.27. The van der Waals surface area contributed by atoms with Gasteiger partial charge >= 0.3 is 0 Å². The Morgan fingerprint density at radius 1 is 1.00 bits per heavy atom. The van der Waals surface area contributed by atoms with Crippen LogP contribution in [0.15, 0.2) is 54.9 Å². The van der Waals surface area contributed by atoms with Crippen molar-refractivity contribution in [2.24, 2.45) is 5.41 Å². The van der Waals surface area contributed by atoms with Crippen LogP contribution in [-0.2, 0) is 17.6 Å². The van der Waals surface area contributed by atoms with E-state index >= 15 is 4.39 Å². The summed E-state index contributed by atoms with van der Waals surface area (Å²) >= 11 is 6.26. The third-order valence-corrected chi connectivity index (χ3v) is 6.70. The van der Waals surface area contributed by atoms with Crippen molar-refractivity contribution in [2.75, 3.05) is 5.32 Å². The van der Waals surface area contributed by atoms with E-state index in [1.807, 2.05) is 27.7 Å². The van der Waals surface area contributed by atoms with Crippen LogP contribution in [0.25, 0.3) is 10.9 Å². The van der Waals surface area contributed by atoms with E-state index in [2.05, 4.69) is 15.3 Å². The Morgan fingerprint density at radius 3 is 2.50 bits per heavy atom. The van der Waals surface area contributed by atoms with Gasteiger partial charge in [0.25, 0.3) is 0 Å². The lowest BCUT2D eigenvalue weighted by Crippen LogP contribution is -2.20. The maximum atomic E-state index is 15.4. The number of hydrogen-bond acceptors (Lipinski definition) is 5. The van der Waals surface area contributed by atoms with Crippen LogP contribution in [0.3, 0.4) is 0 Å². The molecule has 0 unspecified atom stereocenters. The van der Waals surface area contributed by atoms with Gasteiger partial charge in [-0.3, -0.25) is 9.59 Å². The first-order chi connectivity index (χ1) is 18.0. The molecule has 0 saturated carbocycles. The standard InChI is InChI=1S/C30H28ClF2N3O2/c1-17-8-12-22(32)23(14-17)36-29-20-7-5-6-19(28(20)34-16-35-29)15-24(37)26-21(31)11-9-18(27(26)33)10-13-25(38)30(2,3)4/h5-9,11-12,14,16H,10,13,15H2,1-4H3,(H,34,35,36). The molecule has 0 atom stereocenters. The fourth-order valence-electron chi connectivity index (χ4n) is 4.18. The van der Waals surface area contributed by atoms with Gasteiger partial charge in [0.2, 0.25) is 0 Å². The van der Waals surface area contributed by atoms with E-state index in [0.717, 1.165) is 5.56 Å². The summed E-state index contributed by atoms with van der Waals surface area (Å²) < 4.78 is 29.8. The van der Waals surface area contributed by atoms with E-state index in [-0.39, 0.29) is 46.9 Å². The van der Waals surface area contributed by atoms with Crippen LogP contribution in [-0.4, -0.2) is 21.5 Å². The molecule has 196 valence electrons. The van der Waals surface area contributed by atoms with Crippen LogP contribution < -0.4 is 5.32 Å². The minimum atomic E-state index is -0.712. The number of nitrogens with zero attached hydrogens (tertiary/aromatic N) is 2. The van der Waals surface area contributed by atoms with Crippen molar-refractivity contribution in [1.82, 2.24) is 9.97 Å². The van der Waals surface area contributed by atoms with Gasteiger partial charge in [-0.05, 0) is 54.3 Å². The Labute approximate surface area is 225 Å². The maximum absolute atomic E-state index is 15.4. The van der Waals surface area contributed by atoms with Gasteiger partial charge in [-0.15, -0.1) is 0 Å². The van der Waals surface area contributed by atoms with Crippen LogP contribution in [0.2, 0.25) is 5.02 Å². The molecule has 1 aromatic heterocycles. The molecular weight excluding hydrogens is 508 g/mol. The van der Waals surface area contributed by atoms with Gasteiger partial charge in [-0.1, -0.05) is 56.6 Å². The lowest BCUT2D eigenvalue weighted by molar-refractivity contribution is -0.126. The predicted molar refractivity (Wildman–Crippen MR) is 146 cm³/mol. The smallest absolute Gasteiger partial charge is 0.171 e. The number of aryl methyl sites for hydroxylation is 2. The highest BCUT2D eigenvalue weighted by molar-refractivity contribution is 6.34. The van der Waals surface area contributed by atoms with Crippen molar-refractivity contribution in [3.05, 3.63) is 93.8 Å². The number of nitrogens with one attached hydrogen (secondary N) is 1. The molecule has 0 aliphatic heterocycles. The molecule has 1 heterocycles. The second kappa shape index (κ2) is 11.0. The number of benzene rings is 3. The molecule has 5 nitrogen and oxygen atoms in total. The Bertz CT molecular complexity index is 1550. The molecule has 0 spiro atoms. The minimum Gasteiger partial charge on any atom is -0.337 e. The monoisotopic (exact) mass is 535 g/mol. The van der Waals surface area contributed by atoms with Crippen molar-refractivity contribution in [1.29, 1.82) is 0 Å². The van der Waals surface area contributed by atoms with Gasteiger partial charge in [0.15, 0.2) is 5.78 Å². The fourth-order valence-corrected chi connectivity index (χ4v) is 4.43. The van der Waals surface area contributed by atoms with Crippen molar-refractivity contribution in [2.45, 2.75) is 47.0 Å². The Balaban J connectivity index is 1.63. The Kier molecular flexibility index (Phi) is 7.88. The SMILES string of the molecule is Cc1ccc(F)c(Nc2ncnc3c(CC(=O)c4c(Cl)ccc(CCC(=O)C(C)(C)C)c4F)cccc23)c1. The number of ketones is 2. The quantitative estimate of drug-likeness (QED) is 0.235. The van der Waals surface area contributed by atoms with Gasteiger partial charge in [-0.25, -0.2) is 18.7 Å². The van der Waals surface area contributed by atoms with E-state index in [0.29, 0.717) is 22.3 Å². The van der Waals surface area contributed by atoms with Crippen molar-refractivity contribution < 1.29 is 18.4 Å². The molecule has 0 radical (unpaired) electrons. The molecule has 0 amide bonds. The highest BCUT2D eigenvalue weighted by atomic mass is 35.5. The van der Waals surface area contributed by atoms with Gasteiger partial charge < -0.3 is 5.32 Å². The van der Waals surface area contributed by atoms with Crippen molar-refractivity contribution in [3.8, 4) is 0 Å². The third kappa shape index (κ3) is 5.89. The van der Waals surface area contributed by atoms with Gasteiger partial charge in [0, 0.05) is 23.6 Å². The zero-order valence-corrected chi connectivity index (χ0v) is 22.4. The van der Waals surface area contributed by atoms with Crippen LogP contribution >= 0.6 is 11.6 Å². The number of rotatable bonds is 8. The van der Waals surface area contributed by atoms with Gasteiger partial charge in [0.1, 0.15) is 29.6 Å². The maximum Gasteiger partial charge on any atom is 0.171 e. The molecule has 3 aromatic carbocycles. The summed E-state index contributed by atoms with van der Waals surface area (Å²) in [5, 5.41) is 3.60. The van der Waals surface area contributed by atoms with Gasteiger partial charge in [0.05, 0.1) is 21.8 Å².